The monoisotopic (exact) mass is 242 g/mol. The summed E-state index contributed by atoms with van der Waals surface area (Å²) in [6.45, 7) is 2.14. The summed E-state index contributed by atoms with van der Waals surface area (Å²) in [5.74, 6) is 0. The van der Waals surface area contributed by atoms with Gasteiger partial charge in [-0.1, -0.05) is 60.2 Å². The molecule has 4 rings (SSSR count). The third kappa shape index (κ3) is 1.61. The highest BCUT2D eigenvalue weighted by atomic mass is 14.1. The minimum Gasteiger partial charge on any atom is -0.0616 e. The Morgan fingerprint density at radius 1 is 0.526 bits per heavy atom. The van der Waals surface area contributed by atoms with Gasteiger partial charge in [0.25, 0.3) is 0 Å². The normalized spacial score (nSPS) is 11.4. The van der Waals surface area contributed by atoms with Crippen molar-refractivity contribution in [2.24, 2.45) is 0 Å². The standard InChI is InChI=1S/C19H14/c1-13-6-7-15-12-19-16(11-17(15)10-13)9-8-14-4-2-3-5-18(14)19/h2-12H,1H3. The Morgan fingerprint density at radius 3 is 2.26 bits per heavy atom. The molecule has 0 aliphatic heterocycles. The van der Waals surface area contributed by atoms with Crippen molar-refractivity contribution >= 4 is 32.3 Å². The molecular weight excluding hydrogens is 228 g/mol. The highest BCUT2D eigenvalue weighted by Crippen LogP contribution is 2.29. The molecular formula is C19H14. The van der Waals surface area contributed by atoms with Crippen LogP contribution in [-0.4, -0.2) is 0 Å². The Morgan fingerprint density at radius 2 is 1.32 bits per heavy atom. The predicted octanol–water partition coefficient (Wildman–Crippen LogP) is 5.45. The summed E-state index contributed by atoms with van der Waals surface area (Å²) < 4.78 is 0. The lowest BCUT2D eigenvalue weighted by molar-refractivity contribution is 1.51. The zero-order chi connectivity index (χ0) is 12.8. The lowest BCUT2D eigenvalue weighted by atomic mass is 9.98. The molecule has 0 heteroatoms. The molecule has 0 aliphatic carbocycles. The maximum absolute atomic E-state index is 2.31. The fourth-order valence-corrected chi connectivity index (χ4v) is 2.87. The lowest BCUT2D eigenvalue weighted by Crippen LogP contribution is -1.80. The van der Waals surface area contributed by atoms with Gasteiger partial charge in [0.05, 0.1) is 0 Å². The molecule has 0 spiro atoms. The lowest BCUT2D eigenvalue weighted by Gasteiger charge is -2.07. The summed E-state index contributed by atoms with van der Waals surface area (Å²) in [4.78, 5) is 0. The predicted molar refractivity (Wildman–Crippen MR) is 83.7 cm³/mol. The van der Waals surface area contributed by atoms with Gasteiger partial charge in [-0.2, -0.15) is 0 Å². The van der Waals surface area contributed by atoms with Crippen molar-refractivity contribution in [2.75, 3.05) is 0 Å². The van der Waals surface area contributed by atoms with E-state index < -0.39 is 0 Å². The molecule has 0 saturated carbocycles. The quantitative estimate of drug-likeness (QED) is 0.284. The number of aryl methyl sites for hydroxylation is 1. The van der Waals surface area contributed by atoms with Crippen LogP contribution in [0.15, 0.2) is 66.7 Å². The van der Waals surface area contributed by atoms with E-state index in [2.05, 4.69) is 73.7 Å². The molecule has 0 fully saturated rings. The van der Waals surface area contributed by atoms with Gasteiger partial charge >= 0.3 is 0 Å². The van der Waals surface area contributed by atoms with Gasteiger partial charge in [0.15, 0.2) is 0 Å². The van der Waals surface area contributed by atoms with Crippen molar-refractivity contribution in [1.82, 2.24) is 0 Å². The molecule has 0 unspecified atom stereocenters. The third-order valence-corrected chi connectivity index (χ3v) is 3.86. The maximum Gasteiger partial charge on any atom is -0.00990 e. The average Bonchev–Trinajstić information content (AvgIpc) is 2.45. The van der Waals surface area contributed by atoms with E-state index >= 15 is 0 Å². The van der Waals surface area contributed by atoms with Gasteiger partial charge in [-0.15, -0.1) is 0 Å². The van der Waals surface area contributed by atoms with Crippen molar-refractivity contribution in [3.63, 3.8) is 0 Å². The Hall–Kier alpha value is -2.34. The molecule has 4 aromatic rings. The first-order valence-corrected chi connectivity index (χ1v) is 6.63. The number of rotatable bonds is 0. The van der Waals surface area contributed by atoms with Crippen LogP contribution in [0.5, 0.6) is 0 Å². The second kappa shape index (κ2) is 3.83. The van der Waals surface area contributed by atoms with E-state index in [1.54, 1.807) is 0 Å². The summed E-state index contributed by atoms with van der Waals surface area (Å²) in [7, 11) is 0. The van der Waals surface area contributed by atoms with Crippen molar-refractivity contribution < 1.29 is 0 Å². The summed E-state index contributed by atoms with van der Waals surface area (Å²) >= 11 is 0. The van der Waals surface area contributed by atoms with E-state index in [9.17, 15) is 0 Å². The molecule has 0 atom stereocenters. The smallest absolute Gasteiger partial charge is 0.00990 e. The fraction of sp³-hybridized carbons (Fsp3) is 0.0526. The van der Waals surface area contributed by atoms with Crippen LogP contribution >= 0.6 is 0 Å². The van der Waals surface area contributed by atoms with E-state index in [1.807, 2.05) is 0 Å². The first-order valence-electron chi connectivity index (χ1n) is 6.63. The maximum atomic E-state index is 2.31. The van der Waals surface area contributed by atoms with Crippen molar-refractivity contribution in [3.05, 3.63) is 72.3 Å². The first kappa shape index (κ1) is 10.6. The zero-order valence-corrected chi connectivity index (χ0v) is 10.9. The van der Waals surface area contributed by atoms with Crippen LogP contribution in [0, 0.1) is 6.92 Å². The minimum absolute atomic E-state index is 1.31. The summed E-state index contributed by atoms with van der Waals surface area (Å²) in [5.41, 5.74) is 1.31. The zero-order valence-electron chi connectivity index (χ0n) is 10.9. The van der Waals surface area contributed by atoms with E-state index in [4.69, 9.17) is 0 Å². The summed E-state index contributed by atoms with van der Waals surface area (Å²) in [5, 5.41) is 7.94. The Labute approximate surface area is 112 Å². The second-order valence-electron chi connectivity index (χ2n) is 5.21. The second-order valence-corrected chi connectivity index (χ2v) is 5.21. The minimum atomic E-state index is 1.31. The van der Waals surface area contributed by atoms with Gasteiger partial charge in [0.1, 0.15) is 0 Å². The van der Waals surface area contributed by atoms with Crippen LogP contribution < -0.4 is 0 Å². The molecule has 0 aromatic heterocycles. The van der Waals surface area contributed by atoms with E-state index in [0.717, 1.165) is 0 Å². The van der Waals surface area contributed by atoms with Gasteiger partial charge in [-0.3, -0.25) is 0 Å². The largest absolute Gasteiger partial charge is 0.0616 e. The average molecular weight is 242 g/mol. The molecule has 90 valence electrons. The number of fused-ring (bicyclic) bond motifs is 4. The summed E-state index contributed by atoms with van der Waals surface area (Å²) in [6, 6.07) is 24.3. The van der Waals surface area contributed by atoms with Gasteiger partial charge < -0.3 is 0 Å². The van der Waals surface area contributed by atoms with Crippen LogP contribution in [0.1, 0.15) is 5.56 Å². The van der Waals surface area contributed by atoms with Crippen LogP contribution in [0.3, 0.4) is 0 Å². The third-order valence-electron chi connectivity index (χ3n) is 3.86. The Bertz CT molecular complexity index is 917. The Kier molecular flexibility index (Phi) is 2.13. The number of hydrogen-bond acceptors (Lipinski definition) is 0. The molecule has 0 amide bonds. The van der Waals surface area contributed by atoms with Crippen LogP contribution in [0.4, 0.5) is 0 Å². The molecule has 0 heterocycles. The van der Waals surface area contributed by atoms with Gasteiger partial charge in [-0.25, -0.2) is 0 Å². The van der Waals surface area contributed by atoms with Gasteiger partial charge in [-0.05, 0) is 51.4 Å². The SMILES string of the molecule is Cc1ccc2cc3c(ccc4ccccc43)cc2c1. The van der Waals surface area contributed by atoms with E-state index in [-0.39, 0.29) is 0 Å². The molecule has 0 saturated heterocycles. The molecule has 4 aromatic carbocycles. The van der Waals surface area contributed by atoms with Crippen molar-refractivity contribution in [1.29, 1.82) is 0 Å². The fourth-order valence-electron chi connectivity index (χ4n) is 2.87. The molecule has 0 nitrogen and oxygen atoms in total. The summed E-state index contributed by atoms with van der Waals surface area (Å²) in [6.07, 6.45) is 0. The molecule has 0 radical (unpaired) electrons. The highest BCUT2D eigenvalue weighted by molar-refractivity contribution is 6.12. The number of benzene rings is 4. The van der Waals surface area contributed by atoms with Crippen LogP contribution in [0.25, 0.3) is 32.3 Å². The van der Waals surface area contributed by atoms with Gasteiger partial charge in [0.2, 0.25) is 0 Å². The van der Waals surface area contributed by atoms with Crippen molar-refractivity contribution in [3.8, 4) is 0 Å². The molecule has 0 aliphatic rings. The van der Waals surface area contributed by atoms with Crippen LogP contribution in [0.2, 0.25) is 0 Å². The Balaban J connectivity index is 2.22. The van der Waals surface area contributed by atoms with E-state index in [1.165, 1.54) is 37.9 Å². The van der Waals surface area contributed by atoms with E-state index in [0.29, 0.717) is 0 Å². The molecule has 0 N–H and O–H groups in total. The highest BCUT2D eigenvalue weighted by Gasteiger charge is 2.02. The molecule has 19 heavy (non-hydrogen) atoms. The van der Waals surface area contributed by atoms with Crippen molar-refractivity contribution in [2.45, 2.75) is 6.92 Å². The first-order chi connectivity index (χ1) is 9.31. The number of hydrogen-bond donors (Lipinski definition) is 0. The van der Waals surface area contributed by atoms with Crippen LogP contribution in [-0.2, 0) is 0 Å². The molecule has 0 bridgehead atoms. The van der Waals surface area contributed by atoms with Gasteiger partial charge in [0, 0.05) is 0 Å². The topological polar surface area (TPSA) is 0 Å².